The molecule has 1 aromatic heterocycles. The first-order valence-electron chi connectivity index (χ1n) is 7.64. The number of aromatic nitrogens is 2. The number of nitrogen functional groups attached to an aromatic ring is 1. The highest BCUT2D eigenvalue weighted by Crippen LogP contribution is 2.23. The Kier molecular flexibility index (Phi) is 5.07. The maximum atomic E-state index is 5.88. The molecule has 24 heavy (non-hydrogen) atoms. The second-order valence-electron chi connectivity index (χ2n) is 5.21. The van der Waals surface area contributed by atoms with Crippen molar-refractivity contribution < 1.29 is 9.57 Å². The molecule has 1 aromatic carbocycles. The summed E-state index contributed by atoms with van der Waals surface area (Å²) in [6.07, 6.45) is 2.89. The van der Waals surface area contributed by atoms with E-state index in [9.17, 15) is 0 Å². The first-order chi connectivity index (χ1) is 11.8. The fourth-order valence-electron chi connectivity index (χ4n) is 2.46. The summed E-state index contributed by atoms with van der Waals surface area (Å²) < 4.78 is 5.38. The van der Waals surface area contributed by atoms with Crippen LogP contribution in [0.1, 0.15) is 5.56 Å². The van der Waals surface area contributed by atoms with Crippen LogP contribution in [-0.4, -0.2) is 49.6 Å². The van der Waals surface area contributed by atoms with E-state index in [-0.39, 0.29) is 0 Å². The van der Waals surface area contributed by atoms with E-state index >= 15 is 0 Å². The highest BCUT2D eigenvalue weighted by molar-refractivity contribution is 5.92. The molecular weight excluding hydrogens is 308 g/mol. The van der Waals surface area contributed by atoms with E-state index in [0.29, 0.717) is 17.2 Å². The van der Waals surface area contributed by atoms with Gasteiger partial charge in [0.15, 0.2) is 0 Å². The number of benzene rings is 1. The molecule has 1 aliphatic rings. The third-order valence-corrected chi connectivity index (χ3v) is 3.71. The van der Waals surface area contributed by atoms with Crippen LogP contribution < -0.4 is 16.0 Å². The van der Waals surface area contributed by atoms with Crippen molar-refractivity contribution in [1.29, 1.82) is 0 Å². The van der Waals surface area contributed by atoms with Crippen LogP contribution in [0.4, 0.5) is 23.0 Å². The summed E-state index contributed by atoms with van der Waals surface area (Å²) in [5.74, 6) is 0.903. The van der Waals surface area contributed by atoms with Gasteiger partial charge in [-0.05, 0) is 24.3 Å². The number of rotatable bonds is 5. The van der Waals surface area contributed by atoms with E-state index in [1.165, 1.54) is 25.3 Å². The maximum Gasteiger partial charge on any atom is 0.144 e. The number of anilines is 4. The van der Waals surface area contributed by atoms with Crippen molar-refractivity contribution in [2.45, 2.75) is 0 Å². The summed E-state index contributed by atoms with van der Waals surface area (Å²) >= 11 is 0. The van der Waals surface area contributed by atoms with E-state index in [0.717, 1.165) is 32.0 Å². The van der Waals surface area contributed by atoms with Gasteiger partial charge in [0.05, 0.1) is 25.0 Å². The standard InChI is InChI=1S/C16H20N6O2/c1-23-20-10-14-15(17)18-11-19-16(14)21-12-2-4-13(5-3-12)22-6-8-24-9-7-22/h2-5,10-11H,6-9H2,1H3,(H3,17,18,19,21)/b20-10+. The highest BCUT2D eigenvalue weighted by Gasteiger charge is 2.12. The Hall–Kier alpha value is -2.87. The predicted octanol–water partition coefficient (Wildman–Crippen LogP) is 1.62. The van der Waals surface area contributed by atoms with Crippen LogP contribution in [0.2, 0.25) is 0 Å². The molecule has 0 radical (unpaired) electrons. The van der Waals surface area contributed by atoms with Crippen LogP contribution in [0.15, 0.2) is 35.7 Å². The molecule has 0 aliphatic carbocycles. The Morgan fingerprint density at radius 1 is 1.25 bits per heavy atom. The number of nitrogens with two attached hydrogens (primary N) is 1. The first kappa shape index (κ1) is 16.0. The summed E-state index contributed by atoms with van der Waals surface area (Å²) in [4.78, 5) is 15.2. The summed E-state index contributed by atoms with van der Waals surface area (Å²) in [5.41, 5.74) is 8.53. The molecule has 8 nitrogen and oxygen atoms in total. The zero-order valence-electron chi connectivity index (χ0n) is 13.5. The van der Waals surface area contributed by atoms with Gasteiger partial charge in [-0.3, -0.25) is 0 Å². The van der Waals surface area contributed by atoms with Gasteiger partial charge in [0, 0.05) is 24.5 Å². The average molecular weight is 328 g/mol. The number of nitrogens with one attached hydrogen (secondary N) is 1. The molecule has 1 aliphatic heterocycles. The molecule has 0 bridgehead atoms. The van der Waals surface area contributed by atoms with Crippen molar-refractivity contribution in [2.75, 3.05) is 49.4 Å². The second kappa shape index (κ2) is 7.60. The summed E-state index contributed by atoms with van der Waals surface area (Å²) in [7, 11) is 1.47. The summed E-state index contributed by atoms with van der Waals surface area (Å²) in [6, 6.07) is 8.14. The third-order valence-electron chi connectivity index (χ3n) is 3.71. The van der Waals surface area contributed by atoms with E-state index in [1.807, 2.05) is 12.1 Å². The highest BCUT2D eigenvalue weighted by atomic mass is 16.6. The number of nitrogens with zero attached hydrogens (tertiary/aromatic N) is 4. The Labute approximate surface area is 140 Å². The molecule has 0 unspecified atom stereocenters. The third kappa shape index (κ3) is 3.72. The van der Waals surface area contributed by atoms with Crippen molar-refractivity contribution in [1.82, 2.24) is 9.97 Å². The van der Waals surface area contributed by atoms with Crippen LogP contribution >= 0.6 is 0 Å². The van der Waals surface area contributed by atoms with Gasteiger partial charge in [-0.2, -0.15) is 0 Å². The molecule has 126 valence electrons. The molecule has 0 atom stereocenters. The van der Waals surface area contributed by atoms with Gasteiger partial charge in [0.25, 0.3) is 0 Å². The van der Waals surface area contributed by atoms with E-state index in [2.05, 4.69) is 37.5 Å². The van der Waals surface area contributed by atoms with Gasteiger partial charge in [-0.1, -0.05) is 5.16 Å². The molecule has 1 saturated heterocycles. The van der Waals surface area contributed by atoms with Crippen LogP contribution in [0, 0.1) is 0 Å². The van der Waals surface area contributed by atoms with Crippen molar-refractivity contribution in [3.8, 4) is 0 Å². The van der Waals surface area contributed by atoms with Crippen molar-refractivity contribution in [3.63, 3.8) is 0 Å². The fraction of sp³-hybridized carbons (Fsp3) is 0.312. The number of morpholine rings is 1. The van der Waals surface area contributed by atoms with Gasteiger partial charge in [-0.25, -0.2) is 9.97 Å². The molecule has 8 heteroatoms. The molecule has 0 saturated carbocycles. The van der Waals surface area contributed by atoms with Crippen molar-refractivity contribution >= 4 is 29.2 Å². The Morgan fingerprint density at radius 2 is 2.00 bits per heavy atom. The molecule has 1 fully saturated rings. The summed E-state index contributed by atoms with van der Waals surface area (Å²) in [6.45, 7) is 3.35. The lowest BCUT2D eigenvalue weighted by Crippen LogP contribution is -2.36. The monoisotopic (exact) mass is 328 g/mol. The largest absolute Gasteiger partial charge is 0.399 e. The minimum atomic E-state index is 0.332. The minimum absolute atomic E-state index is 0.332. The van der Waals surface area contributed by atoms with Gasteiger partial charge >= 0.3 is 0 Å². The zero-order chi connectivity index (χ0) is 16.8. The number of hydrogen-bond donors (Lipinski definition) is 2. The van der Waals surface area contributed by atoms with Gasteiger partial charge in [0.1, 0.15) is 25.1 Å². The van der Waals surface area contributed by atoms with Crippen LogP contribution in [0.3, 0.4) is 0 Å². The van der Waals surface area contributed by atoms with Crippen LogP contribution in [0.25, 0.3) is 0 Å². The lowest BCUT2D eigenvalue weighted by Gasteiger charge is -2.28. The number of hydrogen-bond acceptors (Lipinski definition) is 8. The molecule has 0 spiro atoms. The normalized spacial score (nSPS) is 14.8. The van der Waals surface area contributed by atoms with Gasteiger partial charge in [0.2, 0.25) is 0 Å². The molecule has 2 heterocycles. The van der Waals surface area contributed by atoms with Crippen molar-refractivity contribution in [3.05, 3.63) is 36.2 Å². The Morgan fingerprint density at radius 3 is 2.71 bits per heavy atom. The SMILES string of the molecule is CO/N=C/c1c(N)ncnc1Nc1ccc(N2CCOCC2)cc1. The number of oxime groups is 1. The lowest BCUT2D eigenvalue weighted by atomic mass is 10.2. The molecular formula is C16H20N6O2. The van der Waals surface area contributed by atoms with E-state index in [1.54, 1.807) is 0 Å². The average Bonchev–Trinajstić information content (AvgIpc) is 2.63. The van der Waals surface area contributed by atoms with Gasteiger partial charge < -0.3 is 25.5 Å². The van der Waals surface area contributed by atoms with Crippen LogP contribution in [0.5, 0.6) is 0 Å². The quantitative estimate of drug-likeness (QED) is 0.635. The van der Waals surface area contributed by atoms with E-state index in [4.69, 9.17) is 15.3 Å². The molecule has 3 rings (SSSR count). The van der Waals surface area contributed by atoms with Crippen LogP contribution in [-0.2, 0) is 9.57 Å². The van der Waals surface area contributed by atoms with Crippen molar-refractivity contribution in [2.24, 2.45) is 5.16 Å². The smallest absolute Gasteiger partial charge is 0.144 e. The van der Waals surface area contributed by atoms with Gasteiger partial charge in [-0.15, -0.1) is 0 Å². The van der Waals surface area contributed by atoms with E-state index < -0.39 is 0 Å². The molecule has 3 N–H and O–H groups in total. The molecule has 2 aromatic rings. The first-order valence-corrected chi connectivity index (χ1v) is 7.64. The second-order valence-corrected chi connectivity index (χ2v) is 5.21. The lowest BCUT2D eigenvalue weighted by molar-refractivity contribution is 0.122. The topological polar surface area (TPSA) is 97.9 Å². The fourth-order valence-corrected chi connectivity index (χ4v) is 2.46. The Balaban J connectivity index is 1.76. The predicted molar refractivity (Wildman–Crippen MR) is 93.8 cm³/mol. The zero-order valence-corrected chi connectivity index (χ0v) is 13.5. The molecule has 0 amide bonds. The minimum Gasteiger partial charge on any atom is -0.399 e. The number of ether oxygens (including phenoxy) is 1. The Bertz CT molecular complexity index is 698. The summed E-state index contributed by atoms with van der Waals surface area (Å²) in [5, 5.41) is 6.97. The maximum absolute atomic E-state index is 5.88.